The van der Waals surface area contributed by atoms with Gasteiger partial charge in [-0.3, -0.25) is 9.78 Å². The highest BCUT2D eigenvalue weighted by molar-refractivity contribution is 5.93. The third-order valence-electron chi connectivity index (χ3n) is 4.45. The summed E-state index contributed by atoms with van der Waals surface area (Å²) in [7, 11) is 0. The van der Waals surface area contributed by atoms with E-state index in [1.54, 1.807) is 18.5 Å². The molecular formula is C16H22N2O3. The first-order valence-electron chi connectivity index (χ1n) is 7.67. The minimum absolute atomic E-state index is 0.0669. The first-order chi connectivity index (χ1) is 10.2. The van der Waals surface area contributed by atoms with Gasteiger partial charge in [0.05, 0.1) is 23.9 Å². The van der Waals surface area contributed by atoms with Crippen LogP contribution in [-0.4, -0.2) is 53.8 Å². The number of amides is 1. The minimum atomic E-state index is -0.0778. The summed E-state index contributed by atoms with van der Waals surface area (Å²) in [5.74, 6) is 0.0669. The average Bonchev–Trinajstić information content (AvgIpc) is 2.91. The van der Waals surface area contributed by atoms with Crippen molar-refractivity contribution in [2.75, 3.05) is 26.3 Å². The monoisotopic (exact) mass is 290 g/mol. The molecule has 0 saturated carbocycles. The van der Waals surface area contributed by atoms with Crippen molar-refractivity contribution < 1.29 is 14.3 Å². The quantitative estimate of drug-likeness (QED) is 0.853. The molecule has 3 heterocycles. The second-order valence-corrected chi connectivity index (χ2v) is 5.81. The van der Waals surface area contributed by atoms with Crippen molar-refractivity contribution in [1.82, 2.24) is 9.88 Å². The van der Waals surface area contributed by atoms with Crippen LogP contribution < -0.4 is 0 Å². The molecule has 3 rings (SSSR count). The Morgan fingerprint density at radius 2 is 2.33 bits per heavy atom. The number of rotatable bonds is 3. The van der Waals surface area contributed by atoms with Crippen LogP contribution in [-0.2, 0) is 9.47 Å². The van der Waals surface area contributed by atoms with Crippen molar-refractivity contribution in [3.8, 4) is 0 Å². The zero-order valence-electron chi connectivity index (χ0n) is 12.5. The molecule has 0 aromatic carbocycles. The average molecular weight is 290 g/mol. The lowest BCUT2D eigenvalue weighted by molar-refractivity contribution is -0.0407. The molecule has 0 aliphatic carbocycles. The van der Waals surface area contributed by atoms with Gasteiger partial charge in [0.2, 0.25) is 0 Å². The molecular weight excluding hydrogens is 268 g/mol. The standard InChI is InChI=1S/C16H22N2O3/c1-2-20-14-10-16(21-12-14)5-8-18(9-6-16)15(19)13-4-3-7-17-11-13/h3-4,7,11,14H,2,5-6,8-10,12H2,1H3/t14-/m0/s1. The van der Waals surface area contributed by atoms with E-state index >= 15 is 0 Å². The molecule has 2 aliphatic rings. The van der Waals surface area contributed by atoms with Crippen molar-refractivity contribution in [3.63, 3.8) is 0 Å². The Labute approximate surface area is 125 Å². The van der Waals surface area contributed by atoms with Gasteiger partial charge < -0.3 is 14.4 Å². The first-order valence-corrected chi connectivity index (χ1v) is 7.67. The van der Waals surface area contributed by atoms with Gasteiger partial charge in [-0.1, -0.05) is 0 Å². The van der Waals surface area contributed by atoms with Crippen LogP contribution in [0.1, 0.15) is 36.5 Å². The van der Waals surface area contributed by atoms with E-state index in [1.807, 2.05) is 17.9 Å². The van der Waals surface area contributed by atoms with Crippen molar-refractivity contribution in [2.24, 2.45) is 0 Å². The summed E-state index contributed by atoms with van der Waals surface area (Å²) < 4.78 is 11.7. The van der Waals surface area contributed by atoms with Crippen LogP contribution >= 0.6 is 0 Å². The molecule has 2 saturated heterocycles. The number of piperidine rings is 1. The SMILES string of the molecule is CCO[C@@H]1COC2(CCN(C(=O)c3cccnc3)CC2)C1. The summed E-state index contributed by atoms with van der Waals surface area (Å²) in [6.45, 7) is 4.92. The fraction of sp³-hybridized carbons (Fsp3) is 0.625. The number of carbonyl (C=O) groups is 1. The van der Waals surface area contributed by atoms with Crippen LogP contribution in [0.25, 0.3) is 0 Å². The van der Waals surface area contributed by atoms with Crippen LogP contribution in [0, 0.1) is 0 Å². The van der Waals surface area contributed by atoms with E-state index in [9.17, 15) is 4.79 Å². The molecule has 21 heavy (non-hydrogen) atoms. The van der Waals surface area contributed by atoms with Gasteiger partial charge in [0.1, 0.15) is 0 Å². The van der Waals surface area contributed by atoms with Gasteiger partial charge in [-0.25, -0.2) is 0 Å². The van der Waals surface area contributed by atoms with Crippen LogP contribution in [0.5, 0.6) is 0 Å². The number of hydrogen-bond donors (Lipinski definition) is 0. The normalized spacial score (nSPS) is 24.4. The molecule has 2 aliphatic heterocycles. The van der Waals surface area contributed by atoms with Crippen LogP contribution in [0.4, 0.5) is 0 Å². The molecule has 1 aromatic rings. The zero-order chi connectivity index (χ0) is 14.7. The number of ether oxygens (including phenoxy) is 2. The Morgan fingerprint density at radius 1 is 1.52 bits per heavy atom. The Balaban J connectivity index is 1.57. The molecule has 1 aromatic heterocycles. The van der Waals surface area contributed by atoms with Crippen LogP contribution in [0.15, 0.2) is 24.5 Å². The number of carbonyl (C=O) groups excluding carboxylic acids is 1. The molecule has 1 atom stereocenters. The highest BCUT2D eigenvalue weighted by atomic mass is 16.6. The molecule has 0 N–H and O–H groups in total. The Morgan fingerprint density at radius 3 is 3.00 bits per heavy atom. The second-order valence-electron chi connectivity index (χ2n) is 5.81. The summed E-state index contributed by atoms with van der Waals surface area (Å²) in [6, 6.07) is 3.61. The second kappa shape index (κ2) is 6.12. The van der Waals surface area contributed by atoms with Crippen LogP contribution in [0.3, 0.4) is 0 Å². The molecule has 1 amide bonds. The third-order valence-corrected chi connectivity index (χ3v) is 4.45. The molecule has 1 spiro atoms. The van der Waals surface area contributed by atoms with Gasteiger partial charge >= 0.3 is 0 Å². The van der Waals surface area contributed by atoms with Gasteiger partial charge in [-0.2, -0.15) is 0 Å². The van der Waals surface area contributed by atoms with Gasteiger partial charge in [0.15, 0.2) is 0 Å². The number of likely N-dealkylation sites (tertiary alicyclic amines) is 1. The lowest BCUT2D eigenvalue weighted by atomic mass is 9.87. The van der Waals surface area contributed by atoms with Gasteiger partial charge in [-0.15, -0.1) is 0 Å². The Kier molecular flexibility index (Phi) is 4.22. The van der Waals surface area contributed by atoms with Crippen molar-refractivity contribution >= 4 is 5.91 Å². The number of pyridine rings is 1. The number of nitrogens with zero attached hydrogens (tertiary/aromatic N) is 2. The molecule has 114 valence electrons. The highest BCUT2D eigenvalue weighted by Gasteiger charge is 2.43. The maximum Gasteiger partial charge on any atom is 0.255 e. The number of aromatic nitrogens is 1. The maximum absolute atomic E-state index is 12.4. The Bertz CT molecular complexity index is 484. The summed E-state index contributed by atoms with van der Waals surface area (Å²) >= 11 is 0. The lowest BCUT2D eigenvalue weighted by Gasteiger charge is -2.38. The molecule has 0 radical (unpaired) electrons. The van der Waals surface area contributed by atoms with Gasteiger partial charge in [0, 0.05) is 38.5 Å². The predicted molar refractivity (Wildman–Crippen MR) is 78.1 cm³/mol. The minimum Gasteiger partial charge on any atom is -0.376 e. The van der Waals surface area contributed by atoms with E-state index in [-0.39, 0.29) is 17.6 Å². The largest absolute Gasteiger partial charge is 0.376 e. The Hall–Kier alpha value is -1.46. The smallest absolute Gasteiger partial charge is 0.255 e. The van der Waals surface area contributed by atoms with E-state index in [2.05, 4.69) is 4.98 Å². The molecule has 0 unspecified atom stereocenters. The zero-order valence-corrected chi connectivity index (χ0v) is 12.5. The summed E-state index contributed by atoms with van der Waals surface area (Å²) in [5, 5.41) is 0. The highest BCUT2D eigenvalue weighted by Crippen LogP contribution is 2.37. The van der Waals surface area contributed by atoms with Crippen molar-refractivity contribution in [2.45, 2.75) is 37.9 Å². The van der Waals surface area contributed by atoms with E-state index < -0.39 is 0 Å². The third kappa shape index (κ3) is 3.09. The van der Waals surface area contributed by atoms with E-state index in [0.29, 0.717) is 12.2 Å². The maximum atomic E-state index is 12.4. The van der Waals surface area contributed by atoms with Gasteiger partial charge in [0.25, 0.3) is 5.91 Å². The fourth-order valence-corrected chi connectivity index (χ4v) is 3.28. The lowest BCUT2D eigenvalue weighted by Crippen LogP contribution is -2.46. The van der Waals surface area contributed by atoms with E-state index in [1.165, 1.54) is 0 Å². The van der Waals surface area contributed by atoms with E-state index in [0.717, 1.165) is 39.0 Å². The summed E-state index contributed by atoms with van der Waals surface area (Å²) in [6.07, 6.45) is 6.27. The molecule has 5 nitrogen and oxygen atoms in total. The van der Waals surface area contributed by atoms with Crippen molar-refractivity contribution in [3.05, 3.63) is 30.1 Å². The first kappa shape index (κ1) is 14.5. The summed E-state index contributed by atoms with van der Waals surface area (Å²) in [4.78, 5) is 18.3. The molecule has 5 heteroatoms. The van der Waals surface area contributed by atoms with Gasteiger partial charge in [-0.05, 0) is 31.9 Å². The summed E-state index contributed by atoms with van der Waals surface area (Å²) in [5.41, 5.74) is 0.582. The van der Waals surface area contributed by atoms with Crippen molar-refractivity contribution in [1.29, 1.82) is 0 Å². The fourth-order valence-electron chi connectivity index (χ4n) is 3.28. The number of hydrogen-bond acceptors (Lipinski definition) is 4. The van der Waals surface area contributed by atoms with Crippen LogP contribution in [0.2, 0.25) is 0 Å². The molecule has 2 fully saturated rings. The topological polar surface area (TPSA) is 51.7 Å². The molecule has 0 bridgehead atoms. The van der Waals surface area contributed by atoms with E-state index in [4.69, 9.17) is 9.47 Å². The predicted octanol–water partition coefficient (Wildman–Crippen LogP) is 1.88.